The molecule has 3 heteroatoms. The number of hydrogen-bond acceptors (Lipinski definition) is 2. The van der Waals surface area contributed by atoms with Gasteiger partial charge in [0.05, 0.1) is 12.7 Å². The molecule has 1 saturated carbocycles. The first-order valence-electron chi connectivity index (χ1n) is 7.67. The average molecular weight is 252 g/mol. The molecular weight excluding hydrogens is 224 g/mol. The predicted octanol–water partition coefficient (Wildman–Crippen LogP) is 2.76. The summed E-state index contributed by atoms with van der Waals surface area (Å²) >= 11 is 0. The van der Waals surface area contributed by atoms with Gasteiger partial charge in [-0.3, -0.25) is 10.1 Å². The smallest absolute Gasteiger partial charge is 0.241 e. The van der Waals surface area contributed by atoms with Gasteiger partial charge in [-0.15, -0.1) is 0 Å². The Morgan fingerprint density at radius 2 is 2.11 bits per heavy atom. The van der Waals surface area contributed by atoms with Crippen molar-refractivity contribution in [3.8, 4) is 0 Å². The van der Waals surface area contributed by atoms with Crippen LogP contribution in [0.5, 0.6) is 0 Å². The van der Waals surface area contributed by atoms with E-state index < -0.39 is 0 Å². The highest BCUT2D eigenvalue weighted by atomic mass is 16.2. The molecule has 0 radical (unpaired) electrons. The number of nitrogens with one attached hydrogen (secondary N) is 1. The monoisotopic (exact) mass is 252 g/mol. The second-order valence-electron chi connectivity index (χ2n) is 6.33. The van der Waals surface area contributed by atoms with Gasteiger partial charge < -0.3 is 4.90 Å². The fourth-order valence-electron chi connectivity index (χ4n) is 3.60. The molecule has 104 valence electrons. The minimum Gasteiger partial charge on any atom is -0.325 e. The second kappa shape index (κ2) is 6.05. The lowest BCUT2D eigenvalue weighted by atomic mass is 9.79. The lowest BCUT2D eigenvalue weighted by molar-refractivity contribution is -0.132. The highest BCUT2D eigenvalue weighted by molar-refractivity contribution is 5.84. The molecule has 0 bridgehead atoms. The maximum absolute atomic E-state index is 12.4. The molecule has 1 saturated heterocycles. The number of nitrogens with zero attached hydrogens (tertiary/aromatic N) is 1. The van der Waals surface area contributed by atoms with Crippen LogP contribution in [0.2, 0.25) is 0 Å². The van der Waals surface area contributed by atoms with E-state index in [1.54, 1.807) is 0 Å². The Balaban J connectivity index is 1.92. The summed E-state index contributed by atoms with van der Waals surface area (Å²) in [5.74, 6) is 1.84. The molecule has 0 aromatic heterocycles. The van der Waals surface area contributed by atoms with Gasteiger partial charge in [0.15, 0.2) is 0 Å². The van der Waals surface area contributed by atoms with Crippen LogP contribution in [0.4, 0.5) is 0 Å². The van der Waals surface area contributed by atoms with Crippen LogP contribution < -0.4 is 5.32 Å². The van der Waals surface area contributed by atoms with Crippen LogP contribution in [0.25, 0.3) is 0 Å². The Bertz CT molecular complexity index is 292. The van der Waals surface area contributed by atoms with Gasteiger partial charge in [-0.05, 0) is 37.5 Å². The van der Waals surface area contributed by atoms with Crippen LogP contribution >= 0.6 is 0 Å². The molecular formula is C15H28N2O. The normalized spacial score (nSPS) is 37.3. The first-order chi connectivity index (χ1) is 8.63. The van der Waals surface area contributed by atoms with E-state index in [4.69, 9.17) is 0 Å². The Morgan fingerprint density at radius 3 is 2.78 bits per heavy atom. The molecule has 0 aromatic rings. The summed E-state index contributed by atoms with van der Waals surface area (Å²) in [4.78, 5) is 14.5. The summed E-state index contributed by atoms with van der Waals surface area (Å²) in [6.45, 7) is 7.60. The van der Waals surface area contributed by atoms with Gasteiger partial charge in [0.2, 0.25) is 5.91 Å². The van der Waals surface area contributed by atoms with Crippen molar-refractivity contribution in [2.45, 2.75) is 71.4 Å². The molecule has 0 spiro atoms. The van der Waals surface area contributed by atoms with Crippen LogP contribution in [-0.4, -0.2) is 29.6 Å². The molecule has 4 atom stereocenters. The van der Waals surface area contributed by atoms with Crippen molar-refractivity contribution in [3.63, 3.8) is 0 Å². The molecule has 0 aromatic carbocycles. The summed E-state index contributed by atoms with van der Waals surface area (Å²) in [6, 6.07) is 0.573. The van der Waals surface area contributed by atoms with Gasteiger partial charge >= 0.3 is 0 Å². The zero-order valence-electron chi connectivity index (χ0n) is 12.1. The highest BCUT2D eigenvalue weighted by Crippen LogP contribution is 2.33. The van der Waals surface area contributed by atoms with Crippen molar-refractivity contribution in [1.29, 1.82) is 0 Å². The van der Waals surface area contributed by atoms with E-state index in [9.17, 15) is 4.79 Å². The van der Waals surface area contributed by atoms with Gasteiger partial charge in [-0.25, -0.2) is 0 Å². The third-order valence-electron chi connectivity index (χ3n) is 4.72. The molecule has 1 amide bonds. The molecule has 2 fully saturated rings. The standard InChI is InChI=1S/C15H28N2O/c1-4-5-6-13-15(18)17(10-16-13)14-8-7-11(2)9-12(14)3/h11-14,16H,4-10H2,1-3H3. The first kappa shape index (κ1) is 13.9. The summed E-state index contributed by atoms with van der Waals surface area (Å²) in [5.41, 5.74) is 0. The van der Waals surface area contributed by atoms with Crippen molar-refractivity contribution < 1.29 is 4.79 Å². The average Bonchev–Trinajstić information content (AvgIpc) is 2.68. The van der Waals surface area contributed by atoms with Crippen molar-refractivity contribution >= 4 is 5.91 Å². The summed E-state index contributed by atoms with van der Waals surface area (Å²) in [5, 5.41) is 3.40. The zero-order valence-corrected chi connectivity index (χ0v) is 12.1. The number of unbranched alkanes of at least 4 members (excludes halogenated alkanes) is 1. The Hall–Kier alpha value is -0.570. The van der Waals surface area contributed by atoms with E-state index in [-0.39, 0.29) is 6.04 Å². The minimum atomic E-state index is 0.0940. The lowest BCUT2D eigenvalue weighted by Gasteiger charge is -2.38. The summed E-state index contributed by atoms with van der Waals surface area (Å²) in [6.07, 6.45) is 7.06. The van der Waals surface area contributed by atoms with E-state index >= 15 is 0 Å². The van der Waals surface area contributed by atoms with Crippen molar-refractivity contribution in [2.75, 3.05) is 6.67 Å². The molecule has 18 heavy (non-hydrogen) atoms. The summed E-state index contributed by atoms with van der Waals surface area (Å²) in [7, 11) is 0. The minimum absolute atomic E-state index is 0.0940. The quantitative estimate of drug-likeness (QED) is 0.834. The van der Waals surface area contributed by atoms with Gasteiger partial charge in [0.25, 0.3) is 0 Å². The maximum Gasteiger partial charge on any atom is 0.241 e. The molecule has 1 aliphatic carbocycles. The van der Waals surface area contributed by atoms with Crippen LogP contribution in [0.3, 0.4) is 0 Å². The van der Waals surface area contributed by atoms with E-state index in [0.29, 0.717) is 17.9 Å². The Morgan fingerprint density at radius 1 is 1.33 bits per heavy atom. The van der Waals surface area contributed by atoms with Crippen LogP contribution in [0, 0.1) is 11.8 Å². The maximum atomic E-state index is 12.4. The Kier molecular flexibility index (Phi) is 4.66. The SMILES string of the molecule is CCCCC1NCN(C2CCC(C)CC2C)C1=O. The number of carbonyl (C=O) groups excluding carboxylic acids is 1. The summed E-state index contributed by atoms with van der Waals surface area (Å²) < 4.78 is 0. The van der Waals surface area contributed by atoms with Crippen molar-refractivity contribution in [1.82, 2.24) is 10.2 Å². The van der Waals surface area contributed by atoms with Gasteiger partial charge in [0, 0.05) is 6.04 Å². The third kappa shape index (κ3) is 2.87. The van der Waals surface area contributed by atoms with E-state index in [0.717, 1.165) is 25.4 Å². The molecule has 1 heterocycles. The van der Waals surface area contributed by atoms with E-state index in [2.05, 4.69) is 31.0 Å². The topological polar surface area (TPSA) is 32.3 Å². The highest BCUT2D eigenvalue weighted by Gasteiger charge is 2.38. The number of hydrogen-bond donors (Lipinski definition) is 1. The van der Waals surface area contributed by atoms with Gasteiger partial charge in [-0.2, -0.15) is 0 Å². The fourth-order valence-corrected chi connectivity index (χ4v) is 3.60. The lowest BCUT2D eigenvalue weighted by Crippen LogP contribution is -2.45. The van der Waals surface area contributed by atoms with Crippen LogP contribution in [0.15, 0.2) is 0 Å². The molecule has 2 rings (SSSR count). The van der Waals surface area contributed by atoms with Gasteiger partial charge in [0.1, 0.15) is 0 Å². The third-order valence-corrected chi connectivity index (χ3v) is 4.72. The zero-order chi connectivity index (χ0) is 13.1. The number of amides is 1. The largest absolute Gasteiger partial charge is 0.325 e. The Labute approximate surface area is 111 Å². The van der Waals surface area contributed by atoms with E-state index in [1.807, 2.05) is 0 Å². The van der Waals surface area contributed by atoms with Gasteiger partial charge in [-0.1, -0.05) is 33.6 Å². The van der Waals surface area contributed by atoms with Crippen molar-refractivity contribution in [2.24, 2.45) is 11.8 Å². The molecule has 3 nitrogen and oxygen atoms in total. The van der Waals surface area contributed by atoms with E-state index in [1.165, 1.54) is 25.7 Å². The first-order valence-corrected chi connectivity index (χ1v) is 7.67. The number of rotatable bonds is 4. The number of carbonyl (C=O) groups is 1. The van der Waals surface area contributed by atoms with Crippen molar-refractivity contribution in [3.05, 3.63) is 0 Å². The van der Waals surface area contributed by atoms with Crippen LogP contribution in [0.1, 0.15) is 59.3 Å². The van der Waals surface area contributed by atoms with Crippen LogP contribution in [-0.2, 0) is 4.79 Å². The molecule has 1 aliphatic heterocycles. The molecule has 4 unspecified atom stereocenters. The molecule has 2 aliphatic rings. The fraction of sp³-hybridized carbons (Fsp3) is 0.933. The predicted molar refractivity (Wildman–Crippen MR) is 74.1 cm³/mol. The molecule has 1 N–H and O–H groups in total. The second-order valence-corrected chi connectivity index (χ2v) is 6.33.